The second-order valence-electron chi connectivity index (χ2n) is 12.8. The summed E-state index contributed by atoms with van der Waals surface area (Å²) >= 11 is 0. The smallest absolute Gasteiger partial charge is 0.253 e. The lowest BCUT2D eigenvalue weighted by atomic mass is 9.89. The Labute approximate surface area is 267 Å². The van der Waals surface area contributed by atoms with Crippen LogP contribution in [0.2, 0.25) is 0 Å². The molecule has 0 spiro atoms. The fourth-order valence-corrected chi connectivity index (χ4v) is 6.66. The molecule has 3 N–H and O–H groups in total. The molecule has 1 saturated carbocycles. The van der Waals surface area contributed by atoms with Crippen molar-refractivity contribution < 1.29 is 9.53 Å². The lowest BCUT2D eigenvalue weighted by Gasteiger charge is -2.37. The molecule has 1 amide bonds. The third-order valence-electron chi connectivity index (χ3n) is 9.27. The van der Waals surface area contributed by atoms with Gasteiger partial charge in [0, 0.05) is 85.3 Å². The Balaban J connectivity index is 1.42. The van der Waals surface area contributed by atoms with Crippen LogP contribution in [0.5, 0.6) is 0 Å². The Morgan fingerprint density at radius 3 is 2.47 bits per heavy atom. The minimum atomic E-state index is -0.199. The van der Waals surface area contributed by atoms with Gasteiger partial charge in [0.25, 0.3) is 11.5 Å². The van der Waals surface area contributed by atoms with Crippen molar-refractivity contribution in [3.8, 4) is 11.1 Å². The number of hydrogen-bond donors (Lipinski definition) is 3. The number of nitrogens with zero attached hydrogens (tertiary/aromatic N) is 3. The number of amides is 1. The predicted octanol–water partition coefficient (Wildman–Crippen LogP) is 4.99. The van der Waals surface area contributed by atoms with Crippen molar-refractivity contribution >= 4 is 11.6 Å². The third kappa shape index (κ3) is 8.02. The largest absolute Gasteiger partial charge is 0.386 e. The second kappa shape index (κ2) is 14.4. The Kier molecular flexibility index (Phi) is 10.4. The normalized spacial score (nSPS) is 18.8. The van der Waals surface area contributed by atoms with Crippen LogP contribution in [0, 0.1) is 20.8 Å². The number of aryl methyl sites for hydroxylation is 2. The van der Waals surface area contributed by atoms with Gasteiger partial charge in [-0.15, -0.1) is 0 Å². The number of benzene rings is 1. The number of H-pyrrole nitrogens is 1. The first kappa shape index (κ1) is 32.4. The first-order valence-corrected chi connectivity index (χ1v) is 16.1. The van der Waals surface area contributed by atoms with Crippen LogP contribution in [0.3, 0.4) is 0 Å². The minimum Gasteiger partial charge on any atom is -0.386 e. The molecule has 0 unspecified atom stereocenters. The van der Waals surface area contributed by atoms with E-state index in [9.17, 15) is 9.59 Å². The van der Waals surface area contributed by atoms with Gasteiger partial charge >= 0.3 is 0 Å². The highest BCUT2D eigenvalue weighted by atomic mass is 16.5. The van der Waals surface area contributed by atoms with Crippen LogP contribution in [0.25, 0.3) is 11.1 Å². The number of morpholine rings is 1. The predicted molar refractivity (Wildman–Crippen MR) is 181 cm³/mol. The summed E-state index contributed by atoms with van der Waals surface area (Å²) in [6, 6.07) is 11.1. The highest BCUT2D eigenvalue weighted by molar-refractivity contribution is 5.98. The fraction of sp³-hybridized carbons (Fsp3) is 0.472. The average molecular weight is 613 g/mol. The molecule has 1 aromatic carbocycles. The summed E-state index contributed by atoms with van der Waals surface area (Å²) in [5.74, 6) is -0.199. The van der Waals surface area contributed by atoms with Gasteiger partial charge in [0.2, 0.25) is 0 Å². The summed E-state index contributed by atoms with van der Waals surface area (Å²) in [6.07, 6.45) is 6.18. The van der Waals surface area contributed by atoms with Crippen molar-refractivity contribution in [3.63, 3.8) is 0 Å². The molecule has 1 saturated heterocycles. The van der Waals surface area contributed by atoms with Gasteiger partial charge in [0.15, 0.2) is 0 Å². The SMILES string of the molecule is C=C(C)N[C@H]1CC[C@@H](N(C)c2cc(-c3ccc(CN4CCOCC4)nc3)cc(C(=O)NCc3c(C)cc(C)[nH]c3=O)c2C)CC1. The van der Waals surface area contributed by atoms with Crippen LogP contribution in [0.4, 0.5) is 5.69 Å². The maximum atomic E-state index is 13.8. The summed E-state index contributed by atoms with van der Waals surface area (Å²) in [5.41, 5.74) is 8.57. The Bertz CT molecular complexity index is 1570. The standard InChI is InChI=1S/C36H48N6O3/c1-23(2)39-29-9-11-31(12-10-29)41(6)34-19-28(27-7-8-30(37-20-27)22-42-13-15-45-16-14-42)18-32(26(34)5)35(43)38-21-33-24(3)17-25(4)40-36(33)44/h7-8,17-20,29,31,39H,1,9-16,21-22H2,2-6H3,(H,38,43)(H,40,44)/t29-,31+. The van der Waals surface area contributed by atoms with Crippen molar-refractivity contribution in [2.45, 2.75) is 78.6 Å². The van der Waals surface area contributed by atoms with Crippen molar-refractivity contribution in [2.24, 2.45) is 0 Å². The molecule has 0 bridgehead atoms. The van der Waals surface area contributed by atoms with E-state index in [4.69, 9.17) is 9.72 Å². The number of rotatable bonds is 10. The molecule has 5 rings (SSSR count). The average Bonchev–Trinajstić information content (AvgIpc) is 3.01. The summed E-state index contributed by atoms with van der Waals surface area (Å²) in [4.78, 5) is 38.8. The molecule has 0 atom stereocenters. The van der Waals surface area contributed by atoms with Gasteiger partial charge in [-0.2, -0.15) is 0 Å². The number of aromatic nitrogens is 2. The van der Waals surface area contributed by atoms with E-state index < -0.39 is 0 Å². The molecular formula is C36H48N6O3. The topological polar surface area (TPSA) is 103 Å². The first-order chi connectivity index (χ1) is 21.6. The number of carbonyl (C=O) groups is 1. The number of hydrogen-bond acceptors (Lipinski definition) is 7. The van der Waals surface area contributed by atoms with Gasteiger partial charge in [-0.1, -0.05) is 12.6 Å². The number of allylic oxidation sites excluding steroid dienone is 1. The first-order valence-electron chi connectivity index (χ1n) is 16.1. The van der Waals surface area contributed by atoms with E-state index in [1.807, 2.05) is 46.0 Å². The van der Waals surface area contributed by atoms with Gasteiger partial charge in [0.05, 0.1) is 18.9 Å². The maximum Gasteiger partial charge on any atom is 0.253 e. The van der Waals surface area contributed by atoms with E-state index in [0.717, 1.165) is 104 Å². The van der Waals surface area contributed by atoms with Gasteiger partial charge < -0.3 is 25.3 Å². The molecule has 0 radical (unpaired) electrons. The quantitative estimate of drug-likeness (QED) is 0.296. The third-order valence-corrected chi connectivity index (χ3v) is 9.27. The van der Waals surface area contributed by atoms with Crippen molar-refractivity contribution in [1.29, 1.82) is 0 Å². The molecule has 1 aliphatic heterocycles. The van der Waals surface area contributed by atoms with Crippen LogP contribution in [0.1, 0.15) is 71.0 Å². The van der Waals surface area contributed by atoms with Crippen molar-refractivity contribution in [3.05, 3.63) is 92.8 Å². The molecule has 9 nitrogen and oxygen atoms in total. The molecule has 9 heteroatoms. The molecule has 1 aliphatic carbocycles. The van der Waals surface area contributed by atoms with E-state index in [-0.39, 0.29) is 18.0 Å². The zero-order valence-electron chi connectivity index (χ0n) is 27.5. The van der Waals surface area contributed by atoms with Crippen LogP contribution in [-0.2, 0) is 17.8 Å². The Morgan fingerprint density at radius 1 is 1.09 bits per heavy atom. The van der Waals surface area contributed by atoms with E-state index >= 15 is 0 Å². The van der Waals surface area contributed by atoms with E-state index in [2.05, 4.69) is 57.2 Å². The lowest BCUT2D eigenvalue weighted by molar-refractivity contribution is 0.0336. The van der Waals surface area contributed by atoms with Crippen molar-refractivity contribution in [1.82, 2.24) is 25.5 Å². The molecule has 2 aliphatic rings. The van der Waals surface area contributed by atoms with E-state index in [1.165, 1.54) is 0 Å². The lowest BCUT2D eigenvalue weighted by Crippen LogP contribution is -2.40. The van der Waals surface area contributed by atoms with Gasteiger partial charge in [-0.25, -0.2) is 0 Å². The zero-order valence-corrected chi connectivity index (χ0v) is 27.5. The zero-order chi connectivity index (χ0) is 32.1. The molecule has 2 aromatic heterocycles. The summed E-state index contributed by atoms with van der Waals surface area (Å²) < 4.78 is 5.49. The minimum absolute atomic E-state index is 0.159. The van der Waals surface area contributed by atoms with Crippen molar-refractivity contribution in [2.75, 3.05) is 38.3 Å². The number of aromatic amines is 1. The van der Waals surface area contributed by atoms with Crippen LogP contribution < -0.4 is 21.1 Å². The van der Waals surface area contributed by atoms with Crippen LogP contribution >= 0.6 is 0 Å². The van der Waals surface area contributed by atoms with Crippen LogP contribution in [-0.4, -0.2) is 66.2 Å². The molecule has 3 heterocycles. The van der Waals surface area contributed by atoms with Gasteiger partial charge in [-0.05, 0) is 94.3 Å². The molecule has 240 valence electrons. The Hall–Kier alpha value is -3.95. The molecule has 45 heavy (non-hydrogen) atoms. The van der Waals surface area contributed by atoms with E-state index in [0.29, 0.717) is 23.2 Å². The number of ether oxygens (including phenoxy) is 1. The van der Waals surface area contributed by atoms with E-state index in [1.54, 1.807) is 0 Å². The Morgan fingerprint density at radius 2 is 1.82 bits per heavy atom. The summed E-state index contributed by atoms with van der Waals surface area (Å²) in [6.45, 7) is 16.1. The molecule has 3 aromatic rings. The highest BCUT2D eigenvalue weighted by Gasteiger charge is 2.27. The molecular weight excluding hydrogens is 564 g/mol. The number of anilines is 1. The monoisotopic (exact) mass is 612 g/mol. The fourth-order valence-electron chi connectivity index (χ4n) is 6.66. The summed E-state index contributed by atoms with van der Waals surface area (Å²) in [5, 5.41) is 6.54. The second-order valence-corrected chi connectivity index (χ2v) is 12.8. The number of nitrogens with one attached hydrogen (secondary N) is 3. The van der Waals surface area contributed by atoms with Gasteiger partial charge in [0.1, 0.15) is 0 Å². The van der Waals surface area contributed by atoms with Gasteiger partial charge in [-0.3, -0.25) is 19.5 Å². The number of carbonyl (C=O) groups excluding carboxylic acids is 1. The highest BCUT2D eigenvalue weighted by Crippen LogP contribution is 2.34. The summed E-state index contributed by atoms with van der Waals surface area (Å²) in [7, 11) is 2.14. The molecule has 2 fully saturated rings. The van der Waals surface area contributed by atoms with Crippen LogP contribution in [0.15, 0.2) is 53.6 Å². The number of pyridine rings is 2. The maximum absolute atomic E-state index is 13.8.